The number of hydrogen-bond acceptors (Lipinski definition) is 5. The number of nitrogen functional groups attached to an aromatic ring is 1. The highest BCUT2D eigenvalue weighted by Crippen LogP contribution is 2.36. The molecule has 1 aliphatic heterocycles. The van der Waals surface area contributed by atoms with Gasteiger partial charge in [0.15, 0.2) is 4.21 Å². The maximum atomic E-state index is 12.7. The molecule has 0 saturated heterocycles. The highest BCUT2D eigenvalue weighted by Gasteiger charge is 2.32. The minimum atomic E-state index is -3.53. The van der Waals surface area contributed by atoms with Gasteiger partial charge in [-0.15, -0.1) is 11.3 Å². The predicted molar refractivity (Wildman–Crippen MR) is 80.7 cm³/mol. The van der Waals surface area contributed by atoms with Gasteiger partial charge < -0.3 is 5.73 Å². The Morgan fingerprint density at radius 1 is 1.35 bits per heavy atom. The van der Waals surface area contributed by atoms with E-state index >= 15 is 0 Å². The maximum absolute atomic E-state index is 12.7. The number of anilines is 2. The van der Waals surface area contributed by atoms with Crippen LogP contribution in [0, 0.1) is 13.8 Å². The molecule has 3 rings (SSSR count). The molecule has 0 fully saturated rings. The van der Waals surface area contributed by atoms with E-state index in [4.69, 9.17) is 5.73 Å². The van der Waals surface area contributed by atoms with E-state index in [1.165, 1.54) is 21.8 Å². The standard InChI is InChI=1S/C13H15N3O2S2/c1-8-5-10-3-4-16(12(10)6-11(8)14)20(17,18)13-7-15-9(2)19-13/h5-7H,3-4,14H2,1-2H3. The number of hydrogen-bond donors (Lipinski definition) is 1. The molecule has 2 heterocycles. The molecule has 2 N–H and O–H groups in total. The van der Waals surface area contributed by atoms with Gasteiger partial charge in [-0.3, -0.25) is 4.31 Å². The van der Waals surface area contributed by atoms with Gasteiger partial charge in [0.25, 0.3) is 10.0 Å². The van der Waals surface area contributed by atoms with Gasteiger partial charge in [-0.2, -0.15) is 0 Å². The molecule has 0 saturated carbocycles. The summed E-state index contributed by atoms with van der Waals surface area (Å²) in [6, 6.07) is 3.72. The molecular formula is C13H15N3O2S2. The SMILES string of the molecule is Cc1ncc(S(=O)(=O)N2CCc3cc(C)c(N)cc32)s1. The van der Waals surface area contributed by atoms with Crippen LogP contribution >= 0.6 is 11.3 Å². The van der Waals surface area contributed by atoms with Crippen molar-refractivity contribution in [3.8, 4) is 0 Å². The molecule has 1 aromatic carbocycles. The summed E-state index contributed by atoms with van der Waals surface area (Å²) in [6.45, 7) is 4.18. The Labute approximate surface area is 122 Å². The first-order valence-electron chi connectivity index (χ1n) is 6.24. The molecule has 0 radical (unpaired) electrons. The van der Waals surface area contributed by atoms with Crippen molar-refractivity contribution >= 4 is 32.7 Å². The Balaban J connectivity index is 2.09. The van der Waals surface area contributed by atoms with E-state index in [1.807, 2.05) is 13.0 Å². The Kier molecular flexibility index (Phi) is 2.98. The summed E-state index contributed by atoms with van der Waals surface area (Å²) in [6.07, 6.45) is 2.14. The maximum Gasteiger partial charge on any atom is 0.275 e. The van der Waals surface area contributed by atoms with E-state index in [-0.39, 0.29) is 4.21 Å². The summed E-state index contributed by atoms with van der Waals surface area (Å²) in [5.41, 5.74) is 9.23. The van der Waals surface area contributed by atoms with Crippen molar-refractivity contribution in [2.75, 3.05) is 16.6 Å². The Bertz CT molecular complexity index is 781. The van der Waals surface area contributed by atoms with Crippen LogP contribution in [-0.4, -0.2) is 19.9 Å². The molecule has 0 bridgehead atoms. The summed E-state index contributed by atoms with van der Waals surface area (Å²) < 4.78 is 27.0. The summed E-state index contributed by atoms with van der Waals surface area (Å²) in [5.74, 6) is 0. The lowest BCUT2D eigenvalue weighted by atomic mass is 10.1. The van der Waals surface area contributed by atoms with E-state index in [2.05, 4.69) is 4.98 Å². The molecule has 20 heavy (non-hydrogen) atoms. The van der Waals surface area contributed by atoms with E-state index in [1.54, 1.807) is 13.0 Å². The number of thiazole rings is 1. The highest BCUT2D eigenvalue weighted by atomic mass is 32.2. The average molecular weight is 309 g/mol. The number of nitrogens with zero attached hydrogens (tertiary/aromatic N) is 2. The zero-order valence-electron chi connectivity index (χ0n) is 11.3. The largest absolute Gasteiger partial charge is 0.398 e. The molecule has 106 valence electrons. The Hall–Kier alpha value is -1.60. The van der Waals surface area contributed by atoms with Crippen molar-refractivity contribution < 1.29 is 8.42 Å². The molecule has 2 aromatic rings. The van der Waals surface area contributed by atoms with Crippen molar-refractivity contribution in [2.24, 2.45) is 0 Å². The van der Waals surface area contributed by atoms with Crippen LogP contribution in [0.4, 0.5) is 11.4 Å². The summed E-state index contributed by atoms with van der Waals surface area (Å²) in [5, 5.41) is 0.742. The third-order valence-electron chi connectivity index (χ3n) is 3.46. The van der Waals surface area contributed by atoms with Gasteiger partial charge in [-0.05, 0) is 37.5 Å². The first kappa shape index (κ1) is 13.4. The summed E-state index contributed by atoms with van der Waals surface area (Å²) >= 11 is 1.19. The molecule has 0 unspecified atom stereocenters. The third kappa shape index (κ3) is 1.97. The molecule has 0 atom stereocenters. The average Bonchev–Trinajstić information content (AvgIpc) is 2.97. The third-order valence-corrected chi connectivity index (χ3v) is 6.63. The molecule has 1 aromatic heterocycles. The number of sulfonamides is 1. The van der Waals surface area contributed by atoms with Crippen molar-refractivity contribution in [3.05, 3.63) is 34.5 Å². The smallest absolute Gasteiger partial charge is 0.275 e. The molecule has 1 aliphatic rings. The normalized spacial score (nSPS) is 14.6. The zero-order chi connectivity index (χ0) is 14.5. The van der Waals surface area contributed by atoms with E-state index in [0.717, 1.165) is 16.1 Å². The van der Waals surface area contributed by atoms with E-state index in [9.17, 15) is 8.42 Å². The lowest BCUT2D eigenvalue weighted by Gasteiger charge is -2.18. The van der Waals surface area contributed by atoms with Gasteiger partial charge in [0.2, 0.25) is 0 Å². The minimum Gasteiger partial charge on any atom is -0.398 e. The molecule has 0 amide bonds. The zero-order valence-corrected chi connectivity index (χ0v) is 12.9. The number of aromatic nitrogens is 1. The lowest BCUT2D eigenvalue weighted by molar-refractivity contribution is 0.594. The van der Waals surface area contributed by atoms with Crippen LogP contribution in [0.1, 0.15) is 16.1 Å². The summed E-state index contributed by atoms with van der Waals surface area (Å²) in [7, 11) is -3.53. The van der Waals surface area contributed by atoms with E-state index in [0.29, 0.717) is 24.3 Å². The lowest BCUT2D eigenvalue weighted by Crippen LogP contribution is -2.28. The topological polar surface area (TPSA) is 76.3 Å². The highest BCUT2D eigenvalue weighted by molar-refractivity contribution is 7.94. The fraction of sp³-hybridized carbons (Fsp3) is 0.308. The number of nitrogens with two attached hydrogens (primary N) is 1. The van der Waals surface area contributed by atoms with Gasteiger partial charge in [-0.1, -0.05) is 6.07 Å². The second-order valence-corrected chi connectivity index (χ2v) is 8.19. The van der Waals surface area contributed by atoms with Crippen molar-refractivity contribution in [1.29, 1.82) is 0 Å². The van der Waals surface area contributed by atoms with Crippen LogP contribution < -0.4 is 10.0 Å². The quantitative estimate of drug-likeness (QED) is 0.862. The number of fused-ring (bicyclic) bond motifs is 1. The minimum absolute atomic E-state index is 0.280. The van der Waals surface area contributed by atoms with Crippen LogP contribution in [0.5, 0.6) is 0 Å². The molecular weight excluding hydrogens is 294 g/mol. The molecule has 0 aliphatic carbocycles. The number of benzene rings is 1. The van der Waals surface area contributed by atoms with Crippen LogP contribution in [0.15, 0.2) is 22.5 Å². The van der Waals surface area contributed by atoms with E-state index < -0.39 is 10.0 Å². The van der Waals surface area contributed by atoms with Crippen LogP contribution in [0.25, 0.3) is 0 Å². The van der Waals surface area contributed by atoms with Crippen molar-refractivity contribution in [1.82, 2.24) is 4.98 Å². The second-order valence-electron chi connectivity index (χ2n) is 4.86. The van der Waals surface area contributed by atoms with Crippen molar-refractivity contribution in [2.45, 2.75) is 24.5 Å². The van der Waals surface area contributed by atoms with Gasteiger partial charge in [0.1, 0.15) is 0 Å². The van der Waals surface area contributed by atoms with Gasteiger partial charge in [-0.25, -0.2) is 13.4 Å². The molecule has 7 heteroatoms. The Morgan fingerprint density at radius 2 is 2.10 bits per heavy atom. The first-order chi connectivity index (χ1) is 9.39. The number of rotatable bonds is 2. The predicted octanol–water partition coefficient (Wildman–Crippen LogP) is 2.09. The van der Waals surface area contributed by atoms with Gasteiger partial charge in [0, 0.05) is 12.2 Å². The van der Waals surface area contributed by atoms with Crippen LogP contribution in [-0.2, 0) is 16.4 Å². The molecule has 5 nitrogen and oxygen atoms in total. The fourth-order valence-electron chi connectivity index (χ4n) is 2.37. The number of aryl methyl sites for hydroxylation is 2. The fourth-order valence-corrected chi connectivity index (χ4v) is 5.09. The second kappa shape index (κ2) is 4.46. The summed E-state index contributed by atoms with van der Waals surface area (Å²) in [4.78, 5) is 4.03. The van der Waals surface area contributed by atoms with Gasteiger partial charge in [0.05, 0.1) is 16.9 Å². The van der Waals surface area contributed by atoms with Crippen LogP contribution in [0.2, 0.25) is 0 Å². The van der Waals surface area contributed by atoms with Crippen molar-refractivity contribution in [3.63, 3.8) is 0 Å². The monoisotopic (exact) mass is 309 g/mol. The van der Waals surface area contributed by atoms with Crippen LogP contribution in [0.3, 0.4) is 0 Å². The first-order valence-corrected chi connectivity index (χ1v) is 8.49. The Morgan fingerprint density at radius 3 is 2.75 bits per heavy atom. The molecule has 0 spiro atoms. The van der Waals surface area contributed by atoms with Gasteiger partial charge >= 0.3 is 0 Å².